The van der Waals surface area contributed by atoms with E-state index in [2.05, 4.69) is 9.80 Å². The smallest absolute Gasteiger partial charge is 0.223 e. The molecule has 0 spiro atoms. The first kappa shape index (κ1) is 14.8. The number of carbonyl (C=O) groups excluding carboxylic acids is 1. The van der Waals surface area contributed by atoms with Gasteiger partial charge in [-0.2, -0.15) is 0 Å². The molecule has 0 bridgehead atoms. The van der Waals surface area contributed by atoms with Gasteiger partial charge in [0.05, 0.1) is 0 Å². The number of hydrogen-bond acceptors (Lipinski definition) is 4. The number of piperazine rings is 1. The van der Waals surface area contributed by atoms with Crippen molar-refractivity contribution >= 4 is 5.91 Å². The van der Waals surface area contributed by atoms with E-state index in [-0.39, 0.29) is 5.91 Å². The summed E-state index contributed by atoms with van der Waals surface area (Å²) in [6, 6.07) is 0.881. The van der Waals surface area contributed by atoms with Crippen LogP contribution in [-0.4, -0.2) is 79.5 Å². The molecule has 1 aliphatic heterocycles. The molecular formula is C14H28N4O. The standard InChI is InChI=1S/C14H28N4O/c1-16(7-2-6-15)14(19)5-8-17-9-11-18(12-10-17)13-3-4-13/h13H,2-12,15H2,1H3. The Balaban J connectivity index is 1.58. The van der Waals surface area contributed by atoms with Gasteiger partial charge in [-0.1, -0.05) is 0 Å². The Kier molecular flexibility index (Phi) is 5.60. The molecule has 1 amide bonds. The lowest BCUT2D eigenvalue weighted by molar-refractivity contribution is -0.130. The molecule has 0 aromatic carbocycles. The molecule has 19 heavy (non-hydrogen) atoms. The zero-order chi connectivity index (χ0) is 13.7. The van der Waals surface area contributed by atoms with Crippen molar-refractivity contribution in [3.63, 3.8) is 0 Å². The van der Waals surface area contributed by atoms with Gasteiger partial charge in [0.1, 0.15) is 0 Å². The van der Waals surface area contributed by atoms with E-state index in [0.717, 1.165) is 38.6 Å². The van der Waals surface area contributed by atoms with E-state index in [9.17, 15) is 4.79 Å². The molecule has 1 saturated carbocycles. The molecule has 0 atom stereocenters. The number of hydrogen-bond donors (Lipinski definition) is 1. The summed E-state index contributed by atoms with van der Waals surface area (Å²) in [4.78, 5) is 18.8. The number of carbonyl (C=O) groups is 1. The highest BCUT2D eigenvalue weighted by atomic mass is 16.2. The van der Waals surface area contributed by atoms with Crippen LogP contribution in [0.2, 0.25) is 0 Å². The van der Waals surface area contributed by atoms with Crippen LogP contribution in [0, 0.1) is 0 Å². The summed E-state index contributed by atoms with van der Waals surface area (Å²) in [7, 11) is 1.88. The van der Waals surface area contributed by atoms with Gasteiger partial charge in [-0.15, -0.1) is 0 Å². The molecule has 1 aliphatic carbocycles. The summed E-state index contributed by atoms with van der Waals surface area (Å²) in [6.07, 6.45) is 4.32. The van der Waals surface area contributed by atoms with Crippen LogP contribution >= 0.6 is 0 Å². The quantitative estimate of drug-likeness (QED) is 0.704. The van der Waals surface area contributed by atoms with Crippen molar-refractivity contribution in [2.24, 2.45) is 5.73 Å². The van der Waals surface area contributed by atoms with Crippen LogP contribution in [0.15, 0.2) is 0 Å². The van der Waals surface area contributed by atoms with Gasteiger partial charge < -0.3 is 15.5 Å². The average Bonchev–Trinajstić information content (AvgIpc) is 3.27. The van der Waals surface area contributed by atoms with Gasteiger partial charge in [0.15, 0.2) is 0 Å². The minimum atomic E-state index is 0.248. The third kappa shape index (κ3) is 4.75. The third-order valence-corrected chi connectivity index (χ3v) is 4.24. The lowest BCUT2D eigenvalue weighted by Crippen LogP contribution is -2.48. The molecule has 5 heteroatoms. The first-order valence-electron chi connectivity index (χ1n) is 7.61. The van der Waals surface area contributed by atoms with E-state index >= 15 is 0 Å². The first-order chi connectivity index (χ1) is 9.20. The molecule has 5 nitrogen and oxygen atoms in total. The monoisotopic (exact) mass is 268 g/mol. The van der Waals surface area contributed by atoms with Crippen molar-refractivity contribution in [3.05, 3.63) is 0 Å². The normalized spacial score (nSPS) is 21.6. The molecule has 2 aliphatic rings. The molecule has 0 radical (unpaired) electrons. The maximum Gasteiger partial charge on any atom is 0.223 e. The van der Waals surface area contributed by atoms with Crippen LogP contribution in [0.3, 0.4) is 0 Å². The van der Waals surface area contributed by atoms with Gasteiger partial charge in [0.25, 0.3) is 0 Å². The van der Waals surface area contributed by atoms with Gasteiger partial charge in [0.2, 0.25) is 5.91 Å². The minimum Gasteiger partial charge on any atom is -0.346 e. The fraction of sp³-hybridized carbons (Fsp3) is 0.929. The van der Waals surface area contributed by atoms with Crippen molar-refractivity contribution < 1.29 is 4.79 Å². The molecule has 0 unspecified atom stereocenters. The zero-order valence-corrected chi connectivity index (χ0v) is 12.2. The summed E-state index contributed by atoms with van der Waals surface area (Å²) >= 11 is 0. The van der Waals surface area contributed by atoms with E-state index in [1.165, 1.54) is 25.9 Å². The summed E-state index contributed by atoms with van der Waals surface area (Å²) < 4.78 is 0. The Hall–Kier alpha value is -0.650. The lowest BCUT2D eigenvalue weighted by atomic mass is 10.2. The predicted octanol–water partition coefficient (Wildman–Crippen LogP) is -0.0363. The van der Waals surface area contributed by atoms with Crippen LogP contribution in [-0.2, 0) is 4.79 Å². The first-order valence-corrected chi connectivity index (χ1v) is 7.61. The van der Waals surface area contributed by atoms with Crippen molar-refractivity contribution in [2.45, 2.75) is 31.7 Å². The van der Waals surface area contributed by atoms with E-state index in [1.807, 2.05) is 11.9 Å². The Morgan fingerprint density at radius 3 is 2.53 bits per heavy atom. The van der Waals surface area contributed by atoms with Crippen molar-refractivity contribution in [3.8, 4) is 0 Å². The van der Waals surface area contributed by atoms with Gasteiger partial charge >= 0.3 is 0 Å². The molecule has 110 valence electrons. The fourth-order valence-electron chi connectivity index (χ4n) is 2.69. The molecule has 2 fully saturated rings. The molecule has 2 rings (SSSR count). The zero-order valence-electron chi connectivity index (χ0n) is 12.2. The topological polar surface area (TPSA) is 52.8 Å². The Labute approximate surface area is 116 Å². The van der Waals surface area contributed by atoms with Crippen LogP contribution < -0.4 is 5.73 Å². The molecular weight excluding hydrogens is 240 g/mol. The van der Waals surface area contributed by atoms with Crippen molar-refractivity contribution in [1.82, 2.24) is 14.7 Å². The second-order valence-corrected chi connectivity index (χ2v) is 5.82. The molecule has 1 heterocycles. The van der Waals surface area contributed by atoms with Crippen molar-refractivity contribution in [2.75, 3.05) is 52.9 Å². The van der Waals surface area contributed by atoms with Crippen LogP contribution in [0.1, 0.15) is 25.7 Å². The van der Waals surface area contributed by atoms with E-state index in [4.69, 9.17) is 5.73 Å². The third-order valence-electron chi connectivity index (χ3n) is 4.24. The summed E-state index contributed by atoms with van der Waals surface area (Å²) in [6.45, 7) is 6.95. The SMILES string of the molecule is CN(CCCN)C(=O)CCN1CCN(C2CC2)CC1. The maximum absolute atomic E-state index is 11.9. The van der Waals surface area contributed by atoms with Gasteiger partial charge in [0, 0.05) is 58.8 Å². The minimum absolute atomic E-state index is 0.248. The summed E-state index contributed by atoms with van der Waals surface area (Å²) in [5.74, 6) is 0.248. The molecule has 2 N–H and O–H groups in total. The number of rotatable bonds is 7. The largest absolute Gasteiger partial charge is 0.346 e. The highest BCUT2D eigenvalue weighted by molar-refractivity contribution is 5.76. The van der Waals surface area contributed by atoms with Gasteiger partial charge in [-0.25, -0.2) is 0 Å². The van der Waals surface area contributed by atoms with Crippen LogP contribution in [0.25, 0.3) is 0 Å². The predicted molar refractivity (Wildman–Crippen MR) is 77.0 cm³/mol. The maximum atomic E-state index is 11.9. The van der Waals surface area contributed by atoms with E-state index in [1.54, 1.807) is 0 Å². The van der Waals surface area contributed by atoms with Gasteiger partial charge in [-0.05, 0) is 25.8 Å². The summed E-state index contributed by atoms with van der Waals surface area (Å²) in [5, 5.41) is 0. The highest BCUT2D eigenvalue weighted by Crippen LogP contribution is 2.27. The van der Waals surface area contributed by atoms with Gasteiger partial charge in [-0.3, -0.25) is 9.69 Å². The van der Waals surface area contributed by atoms with Crippen LogP contribution in [0.4, 0.5) is 0 Å². The number of nitrogens with zero attached hydrogens (tertiary/aromatic N) is 3. The summed E-state index contributed by atoms with van der Waals surface area (Å²) in [5.41, 5.74) is 5.46. The second kappa shape index (κ2) is 7.22. The fourth-order valence-corrected chi connectivity index (χ4v) is 2.69. The van der Waals surface area contributed by atoms with E-state index in [0.29, 0.717) is 13.0 Å². The van der Waals surface area contributed by atoms with Crippen molar-refractivity contribution in [1.29, 1.82) is 0 Å². The number of nitrogens with two attached hydrogens (primary N) is 1. The highest BCUT2D eigenvalue weighted by Gasteiger charge is 2.31. The Morgan fingerprint density at radius 1 is 1.26 bits per heavy atom. The molecule has 0 aromatic heterocycles. The molecule has 1 saturated heterocycles. The Bertz CT molecular complexity index is 285. The molecule has 0 aromatic rings. The number of amides is 1. The van der Waals surface area contributed by atoms with E-state index < -0.39 is 0 Å². The second-order valence-electron chi connectivity index (χ2n) is 5.82. The van der Waals surface area contributed by atoms with Crippen LogP contribution in [0.5, 0.6) is 0 Å². The lowest BCUT2D eigenvalue weighted by Gasteiger charge is -2.34. The Morgan fingerprint density at radius 2 is 1.95 bits per heavy atom. The average molecular weight is 268 g/mol.